The Morgan fingerprint density at radius 1 is 1.18 bits per heavy atom. The highest BCUT2D eigenvalue weighted by molar-refractivity contribution is 5.98. The van der Waals surface area contributed by atoms with Crippen LogP contribution in [0.2, 0.25) is 0 Å². The van der Waals surface area contributed by atoms with E-state index in [4.69, 9.17) is 4.74 Å². The minimum atomic E-state index is -0.0647. The highest BCUT2D eigenvalue weighted by atomic mass is 16.5. The summed E-state index contributed by atoms with van der Waals surface area (Å²) in [6, 6.07) is 7.01. The Kier molecular flexibility index (Phi) is 7.09. The van der Waals surface area contributed by atoms with E-state index >= 15 is 0 Å². The molecule has 1 rings (SSSR count). The molecule has 0 atom stereocenters. The van der Waals surface area contributed by atoms with Gasteiger partial charge in [0.2, 0.25) is 5.91 Å². The lowest BCUT2D eigenvalue weighted by atomic mass is 9.91. The van der Waals surface area contributed by atoms with Crippen LogP contribution in [0.25, 0.3) is 0 Å². The number of carbonyl (C=O) groups excluding carboxylic acids is 2. The summed E-state index contributed by atoms with van der Waals surface area (Å²) in [6.07, 6.45) is 2.47. The summed E-state index contributed by atoms with van der Waals surface area (Å²) >= 11 is 0. The van der Waals surface area contributed by atoms with Crippen molar-refractivity contribution in [3.63, 3.8) is 0 Å². The lowest BCUT2D eigenvalue weighted by Gasteiger charge is -2.17. The lowest BCUT2D eigenvalue weighted by Crippen LogP contribution is -2.25. The SMILES string of the molecule is COc1cccc(C(=O)CCC(=O)NCCCC(C)(C)C)c1. The Balaban J connectivity index is 2.30. The lowest BCUT2D eigenvalue weighted by molar-refractivity contribution is -0.121. The van der Waals surface area contributed by atoms with Crippen LogP contribution in [0.15, 0.2) is 24.3 Å². The fourth-order valence-corrected chi connectivity index (χ4v) is 2.10. The second-order valence-corrected chi connectivity index (χ2v) is 6.67. The minimum Gasteiger partial charge on any atom is -0.497 e. The molecule has 0 aliphatic carbocycles. The summed E-state index contributed by atoms with van der Waals surface area (Å²) in [5, 5.41) is 2.87. The predicted octanol–water partition coefficient (Wildman–Crippen LogP) is 3.60. The zero-order chi connectivity index (χ0) is 16.6. The van der Waals surface area contributed by atoms with Crippen molar-refractivity contribution in [2.24, 2.45) is 5.41 Å². The van der Waals surface area contributed by atoms with Gasteiger partial charge in [-0.3, -0.25) is 9.59 Å². The molecule has 0 fully saturated rings. The largest absolute Gasteiger partial charge is 0.497 e. The number of ketones is 1. The highest BCUT2D eigenvalue weighted by Crippen LogP contribution is 2.19. The topological polar surface area (TPSA) is 55.4 Å². The molecule has 0 saturated heterocycles. The number of Topliss-reactive ketones (excluding diaryl/α,β-unsaturated/α-hetero) is 1. The molecule has 122 valence electrons. The number of ether oxygens (including phenoxy) is 1. The minimum absolute atomic E-state index is 0.0382. The van der Waals surface area contributed by atoms with Gasteiger partial charge in [0.15, 0.2) is 5.78 Å². The molecule has 1 aromatic carbocycles. The molecule has 1 amide bonds. The molecule has 0 radical (unpaired) electrons. The number of hydrogen-bond donors (Lipinski definition) is 1. The second kappa shape index (κ2) is 8.57. The van der Waals surface area contributed by atoms with Gasteiger partial charge in [-0.2, -0.15) is 0 Å². The van der Waals surface area contributed by atoms with Crippen molar-refractivity contribution in [1.29, 1.82) is 0 Å². The number of methoxy groups -OCH3 is 1. The zero-order valence-corrected chi connectivity index (χ0v) is 14.1. The Labute approximate surface area is 133 Å². The summed E-state index contributed by atoms with van der Waals surface area (Å²) in [7, 11) is 1.56. The first-order valence-corrected chi connectivity index (χ1v) is 7.76. The summed E-state index contributed by atoms with van der Waals surface area (Å²) < 4.78 is 5.09. The van der Waals surface area contributed by atoms with E-state index in [1.807, 2.05) is 0 Å². The first-order valence-electron chi connectivity index (χ1n) is 7.76. The van der Waals surface area contributed by atoms with Crippen molar-refractivity contribution in [1.82, 2.24) is 5.32 Å². The third-order valence-electron chi connectivity index (χ3n) is 3.40. The molecule has 22 heavy (non-hydrogen) atoms. The van der Waals surface area contributed by atoms with E-state index in [1.165, 1.54) is 0 Å². The molecule has 1 N–H and O–H groups in total. The van der Waals surface area contributed by atoms with Gasteiger partial charge < -0.3 is 10.1 Å². The van der Waals surface area contributed by atoms with Crippen LogP contribution < -0.4 is 10.1 Å². The first kappa shape index (κ1) is 18.2. The first-order chi connectivity index (χ1) is 10.3. The number of rotatable bonds is 8. The second-order valence-electron chi connectivity index (χ2n) is 6.67. The summed E-state index contributed by atoms with van der Waals surface area (Å²) in [4.78, 5) is 23.8. The van der Waals surface area contributed by atoms with Crippen LogP contribution in [0.5, 0.6) is 5.75 Å². The van der Waals surface area contributed by atoms with Crippen molar-refractivity contribution in [2.75, 3.05) is 13.7 Å². The molecular formula is C18H27NO3. The maximum atomic E-state index is 12.0. The van der Waals surface area contributed by atoms with Crippen LogP contribution in [0.4, 0.5) is 0 Å². The molecule has 0 bridgehead atoms. The van der Waals surface area contributed by atoms with E-state index in [-0.39, 0.29) is 29.9 Å². The van der Waals surface area contributed by atoms with E-state index in [0.717, 1.165) is 12.8 Å². The van der Waals surface area contributed by atoms with Gasteiger partial charge in [0.05, 0.1) is 7.11 Å². The molecule has 4 nitrogen and oxygen atoms in total. The average molecular weight is 305 g/mol. The quantitative estimate of drug-likeness (QED) is 0.590. The van der Waals surface area contributed by atoms with E-state index in [2.05, 4.69) is 26.1 Å². The van der Waals surface area contributed by atoms with E-state index in [9.17, 15) is 9.59 Å². The number of nitrogens with one attached hydrogen (secondary N) is 1. The number of benzene rings is 1. The molecule has 0 heterocycles. The smallest absolute Gasteiger partial charge is 0.220 e. The number of carbonyl (C=O) groups is 2. The van der Waals surface area contributed by atoms with Gasteiger partial charge in [-0.25, -0.2) is 0 Å². The summed E-state index contributed by atoms with van der Waals surface area (Å²) in [5.41, 5.74) is 0.868. The van der Waals surface area contributed by atoms with Crippen LogP contribution in [-0.4, -0.2) is 25.3 Å². The fourth-order valence-electron chi connectivity index (χ4n) is 2.10. The van der Waals surface area contributed by atoms with E-state index in [1.54, 1.807) is 31.4 Å². The van der Waals surface area contributed by atoms with Crippen LogP contribution in [0.1, 0.15) is 56.8 Å². The van der Waals surface area contributed by atoms with Crippen molar-refractivity contribution in [3.8, 4) is 5.75 Å². The third-order valence-corrected chi connectivity index (χ3v) is 3.40. The molecule has 0 aliphatic rings. The Hall–Kier alpha value is -1.84. The summed E-state index contributed by atoms with van der Waals surface area (Å²) in [5.74, 6) is 0.548. The van der Waals surface area contributed by atoms with Gasteiger partial charge in [0, 0.05) is 24.9 Å². The van der Waals surface area contributed by atoms with Gasteiger partial charge in [-0.15, -0.1) is 0 Å². The predicted molar refractivity (Wildman–Crippen MR) is 88.3 cm³/mol. The molecule has 0 spiro atoms. The van der Waals surface area contributed by atoms with E-state index in [0.29, 0.717) is 17.9 Å². The Morgan fingerprint density at radius 3 is 2.55 bits per heavy atom. The monoisotopic (exact) mass is 305 g/mol. The maximum absolute atomic E-state index is 12.0. The fraction of sp³-hybridized carbons (Fsp3) is 0.556. The molecule has 0 aromatic heterocycles. The molecule has 0 aliphatic heterocycles. The molecule has 0 unspecified atom stereocenters. The Morgan fingerprint density at radius 2 is 1.91 bits per heavy atom. The van der Waals surface area contributed by atoms with Crippen LogP contribution >= 0.6 is 0 Å². The maximum Gasteiger partial charge on any atom is 0.220 e. The highest BCUT2D eigenvalue weighted by Gasteiger charge is 2.11. The van der Waals surface area contributed by atoms with Crippen molar-refractivity contribution in [3.05, 3.63) is 29.8 Å². The van der Waals surface area contributed by atoms with Gasteiger partial charge in [0.1, 0.15) is 5.75 Å². The molecule has 4 heteroatoms. The van der Waals surface area contributed by atoms with Gasteiger partial charge in [-0.05, 0) is 30.4 Å². The zero-order valence-electron chi connectivity index (χ0n) is 14.1. The average Bonchev–Trinajstić information content (AvgIpc) is 2.48. The van der Waals surface area contributed by atoms with Crippen LogP contribution in [-0.2, 0) is 4.79 Å². The van der Waals surface area contributed by atoms with Crippen LogP contribution in [0.3, 0.4) is 0 Å². The van der Waals surface area contributed by atoms with Crippen molar-refractivity contribution >= 4 is 11.7 Å². The normalized spacial score (nSPS) is 11.1. The standard InChI is InChI=1S/C18H27NO3/c1-18(2,3)11-6-12-19-17(21)10-9-16(20)14-7-5-8-15(13-14)22-4/h5,7-8,13H,6,9-12H2,1-4H3,(H,19,21). The van der Waals surface area contributed by atoms with Gasteiger partial charge in [0.25, 0.3) is 0 Å². The van der Waals surface area contributed by atoms with Crippen molar-refractivity contribution in [2.45, 2.75) is 46.5 Å². The van der Waals surface area contributed by atoms with Gasteiger partial charge in [-0.1, -0.05) is 32.9 Å². The van der Waals surface area contributed by atoms with Gasteiger partial charge >= 0.3 is 0 Å². The number of amides is 1. The van der Waals surface area contributed by atoms with E-state index < -0.39 is 0 Å². The summed E-state index contributed by atoms with van der Waals surface area (Å²) in [6.45, 7) is 7.22. The number of hydrogen-bond acceptors (Lipinski definition) is 3. The molecule has 1 aromatic rings. The Bertz CT molecular complexity index is 503. The van der Waals surface area contributed by atoms with Crippen LogP contribution in [0, 0.1) is 5.41 Å². The third kappa shape index (κ3) is 7.25. The molecular weight excluding hydrogens is 278 g/mol. The van der Waals surface area contributed by atoms with Crippen molar-refractivity contribution < 1.29 is 14.3 Å². The molecule has 0 saturated carbocycles.